The molecule has 0 bridgehead atoms. The van der Waals surface area contributed by atoms with Crippen LogP contribution in [-0.2, 0) is 16.6 Å². The van der Waals surface area contributed by atoms with Gasteiger partial charge in [0.1, 0.15) is 5.76 Å². The molecule has 1 N–H and O–H groups in total. The summed E-state index contributed by atoms with van der Waals surface area (Å²) in [6, 6.07) is 4.45. The second-order valence-corrected chi connectivity index (χ2v) is 8.05. The van der Waals surface area contributed by atoms with Gasteiger partial charge in [0.2, 0.25) is 0 Å². The number of ether oxygens (including phenoxy) is 2. The fraction of sp³-hybridized carbons (Fsp3) is 0.435. The highest BCUT2D eigenvalue weighted by atomic mass is 16.5. The van der Waals surface area contributed by atoms with E-state index in [4.69, 9.17) is 9.47 Å². The van der Waals surface area contributed by atoms with E-state index in [2.05, 4.69) is 5.10 Å². The molecule has 32 heavy (non-hydrogen) atoms. The molecule has 9 nitrogen and oxygen atoms in total. The van der Waals surface area contributed by atoms with Crippen molar-refractivity contribution in [3.63, 3.8) is 0 Å². The maximum atomic E-state index is 13.2. The van der Waals surface area contributed by atoms with Crippen molar-refractivity contribution in [3.8, 4) is 11.5 Å². The number of nitrogens with zero attached hydrogens (tertiary/aromatic N) is 4. The number of amides is 1. The van der Waals surface area contributed by atoms with Crippen LogP contribution >= 0.6 is 0 Å². The number of rotatable bonds is 7. The zero-order valence-electron chi connectivity index (χ0n) is 19.6. The Morgan fingerprint density at radius 2 is 1.88 bits per heavy atom. The zero-order chi connectivity index (χ0) is 23.7. The van der Waals surface area contributed by atoms with Crippen LogP contribution in [0, 0.1) is 13.8 Å². The number of likely N-dealkylation sites (tertiary alicyclic amines) is 1. The Kier molecular flexibility index (Phi) is 6.59. The largest absolute Gasteiger partial charge is 0.507 e. The standard InChI is InChI=1S/C23H30N4O5/c1-13-17(14(2)26(5)24-13)20(28)18-19(15-9-8-10-16(31-6)22(15)32-7)27(12-11-25(3)4)23(30)21(18)29/h8-10,19,28H,11-12H2,1-7H3/t19-/m0/s1. The summed E-state index contributed by atoms with van der Waals surface area (Å²) in [4.78, 5) is 29.7. The average Bonchev–Trinajstić information content (AvgIpc) is 3.16. The first-order valence-electron chi connectivity index (χ1n) is 10.3. The van der Waals surface area contributed by atoms with Crippen molar-refractivity contribution in [2.24, 2.45) is 7.05 Å². The zero-order valence-corrected chi connectivity index (χ0v) is 19.6. The molecule has 1 aliphatic rings. The number of aryl methyl sites for hydroxylation is 2. The van der Waals surface area contributed by atoms with Gasteiger partial charge in [-0.2, -0.15) is 5.10 Å². The van der Waals surface area contributed by atoms with Crippen molar-refractivity contribution < 1.29 is 24.2 Å². The number of aromatic nitrogens is 2. The minimum absolute atomic E-state index is 0.0134. The van der Waals surface area contributed by atoms with Gasteiger partial charge in [0.15, 0.2) is 11.5 Å². The van der Waals surface area contributed by atoms with Crippen LogP contribution in [0.3, 0.4) is 0 Å². The molecule has 0 aliphatic carbocycles. The number of aliphatic hydroxyl groups is 1. The molecule has 0 radical (unpaired) electrons. The fourth-order valence-electron chi connectivity index (χ4n) is 4.12. The highest BCUT2D eigenvalue weighted by molar-refractivity contribution is 6.46. The van der Waals surface area contributed by atoms with Gasteiger partial charge in [0.05, 0.1) is 37.1 Å². The molecule has 1 fully saturated rings. The van der Waals surface area contributed by atoms with Gasteiger partial charge in [-0.3, -0.25) is 14.3 Å². The van der Waals surface area contributed by atoms with E-state index in [0.29, 0.717) is 47.1 Å². The third-order valence-corrected chi connectivity index (χ3v) is 5.80. The monoisotopic (exact) mass is 442 g/mol. The number of carbonyl (C=O) groups is 2. The van der Waals surface area contributed by atoms with Crippen molar-refractivity contribution in [2.45, 2.75) is 19.9 Å². The molecule has 2 heterocycles. The van der Waals surface area contributed by atoms with Crippen LogP contribution in [0.15, 0.2) is 23.8 Å². The predicted octanol–water partition coefficient (Wildman–Crippen LogP) is 2.04. The van der Waals surface area contributed by atoms with Gasteiger partial charge in [0.25, 0.3) is 11.7 Å². The molecule has 1 atom stereocenters. The highest BCUT2D eigenvalue weighted by Gasteiger charge is 2.47. The Morgan fingerprint density at radius 3 is 2.41 bits per heavy atom. The summed E-state index contributed by atoms with van der Waals surface area (Å²) in [6.45, 7) is 4.40. The third kappa shape index (κ3) is 3.84. The summed E-state index contributed by atoms with van der Waals surface area (Å²) in [5.41, 5.74) is 2.28. The van der Waals surface area contributed by atoms with Gasteiger partial charge >= 0.3 is 0 Å². The Labute approximate surface area is 187 Å². The van der Waals surface area contributed by atoms with E-state index in [1.54, 1.807) is 43.8 Å². The summed E-state index contributed by atoms with van der Waals surface area (Å²) in [6.07, 6.45) is 0. The number of methoxy groups -OCH3 is 2. The van der Waals surface area contributed by atoms with Crippen molar-refractivity contribution in [1.29, 1.82) is 0 Å². The summed E-state index contributed by atoms with van der Waals surface area (Å²) in [5, 5.41) is 15.7. The van der Waals surface area contributed by atoms with E-state index in [1.807, 2.05) is 19.0 Å². The summed E-state index contributed by atoms with van der Waals surface area (Å²) < 4.78 is 12.7. The van der Waals surface area contributed by atoms with Gasteiger partial charge in [-0.1, -0.05) is 12.1 Å². The number of Topliss-reactive ketones (excluding diaryl/α,β-unsaturated/α-hetero) is 1. The molecule has 1 aromatic carbocycles. The second kappa shape index (κ2) is 9.04. The molecular weight excluding hydrogens is 412 g/mol. The smallest absolute Gasteiger partial charge is 0.295 e. The molecule has 3 rings (SSSR count). The van der Waals surface area contributed by atoms with Gasteiger partial charge in [-0.05, 0) is 34.0 Å². The maximum absolute atomic E-state index is 13.2. The predicted molar refractivity (Wildman–Crippen MR) is 120 cm³/mol. The third-order valence-electron chi connectivity index (χ3n) is 5.80. The average molecular weight is 443 g/mol. The molecule has 2 aromatic rings. The van der Waals surface area contributed by atoms with Crippen molar-refractivity contribution >= 4 is 17.4 Å². The van der Waals surface area contributed by atoms with Crippen LogP contribution in [0.2, 0.25) is 0 Å². The lowest BCUT2D eigenvalue weighted by atomic mass is 9.93. The number of hydrogen-bond donors (Lipinski definition) is 1. The number of para-hydroxylation sites is 1. The molecule has 0 saturated carbocycles. The van der Waals surface area contributed by atoms with E-state index < -0.39 is 17.7 Å². The van der Waals surface area contributed by atoms with Crippen LogP contribution in [0.1, 0.15) is 28.6 Å². The first-order valence-corrected chi connectivity index (χ1v) is 10.3. The highest BCUT2D eigenvalue weighted by Crippen LogP contribution is 2.45. The summed E-state index contributed by atoms with van der Waals surface area (Å²) in [7, 11) is 8.56. The lowest BCUT2D eigenvalue weighted by molar-refractivity contribution is -0.140. The van der Waals surface area contributed by atoms with Gasteiger partial charge < -0.3 is 24.4 Å². The van der Waals surface area contributed by atoms with Crippen LogP contribution in [0.5, 0.6) is 11.5 Å². The Balaban J connectivity index is 2.30. The van der Waals surface area contributed by atoms with Crippen molar-refractivity contribution in [3.05, 3.63) is 46.3 Å². The molecule has 1 saturated heterocycles. The van der Waals surface area contributed by atoms with E-state index in [1.165, 1.54) is 19.1 Å². The fourth-order valence-corrected chi connectivity index (χ4v) is 4.12. The van der Waals surface area contributed by atoms with Crippen LogP contribution in [0.4, 0.5) is 0 Å². The van der Waals surface area contributed by atoms with E-state index in [0.717, 1.165) is 0 Å². The van der Waals surface area contributed by atoms with Crippen molar-refractivity contribution in [2.75, 3.05) is 41.4 Å². The summed E-state index contributed by atoms with van der Waals surface area (Å²) in [5.74, 6) is -0.769. The van der Waals surface area contributed by atoms with E-state index >= 15 is 0 Å². The molecule has 1 amide bonds. The minimum atomic E-state index is -0.834. The quantitative estimate of drug-likeness (QED) is 0.398. The topological polar surface area (TPSA) is 97.1 Å². The molecule has 0 unspecified atom stereocenters. The molecule has 1 aromatic heterocycles. The lowest BCUT2D eigenvalue weighted by Crippen LogP contribution is -2.35. The number of carbonyl (C=O) groups excluding carboxylic acids is 2. The number of benzene rings is 1. The Morgan fingerprint density at radius 1 is 1.19 bits per heavy atom. The number of likely N-dealkylation sites (N-methyl/N-ethyl adjacent to an activating group) is 1. The Bertz CT molecular complexity index is 1090. The van der Waals surface area contributed by atoms with Crippen LogP contribution < -0.4 is 9.47 Å². The normalized spacial score (nSPS) is 18.0. The maximum Gasteiger partial charge on any atom is 0.295 e. The molecule has 172 valence electrons. The minimum Gasteiger partial charge on any atom is -0.507 e. The van der Waals surface area contributed by atoms with E-state index in [-0.39, 0.29) is 11.3 Å². The molecule has 9 heteroatoms. The second-order valence-electron chi connectivity index (χ2n) is 8.05. The first-order chi connectivity index (χ1) is 15.1. The molecule has 1 aliphatic heterocycles. The van der Waals surface area contributed by atoms with Gasteiger partial charge in [-0.15, -0.1) is 0 Å². The SMILES string of the molecule is COc1cccc([C@H]2C(=C(O)c3c(C)nn(C)c3C)C(=O)C(=O)N2CCN(C)C)c1OC. The van der Waals surface area contributed by atoms with Gasteiger partial charge in [0, 0.05) is 31.4 Å². The Hall–Kier alpha value is -3.33. The van der Waals surface area contributed by atoms with Crippen LogP contribution in [-0.4, -0.2) is 77.8 Å². The van der Waals surface area contributed by atoms with Gasteiger partial charge in [-0.25, -0.2) is 0 Å². The summed E-state index contributed by atoms with van der Waals surface area (Å²) >= 11 is 0. The first kappa shape index (κ1) is 23.3. The molecule has 0 spiro atoms. The van der Waals surface area contributed by atoms with Crippen molar-refractivity contribution in [1.82, 2.24) is 19.6 Å². The van der Waals surface area contributed by atoms with E-state index in [9.17, 15) is 14.7 Å². The molecular formula is C23H30N4O5. The van der Waals surface area contributed by atoms with Crippen LogP contribution in [0.25, 0.3) is 5.76 Å². The number of ketones is 1. The lowest BCUT2D eigenvalue weighted by Gasteiger charge is -2.28. The number of aliphatic hydroxyl groups excluding tert-OH is 1. The number of hydrogen-bond acceptors (Lipinski definition) is 7.